The lowest BCUT2D eigenvalue weighted by Crippen LogP contribution is -2.42. The molecule has 0 aliphatic rings. The van der Waals surface area contributed by atoms with E-state index in [1.165, 1.54) is 17.0 Å². The molecule has 0 aliphatic carbocycles. The molecule has 0 saturated heterocycles. The Bertz CT molecular complexity index is 1320. The molecule has 1 atom stereocenters. The number of alkyl carbamates (subject to hydrolysis) is 1. The van der Waals surface area contributed by atoms with Gasteiger partial charge in [0.2, 0.25) is 11.9 Å². The number of benzene rings is 1. The summed E-state index contributed by atoms with van der Waals surface area (Å²) >= 11 is 0. The maximum absolute atomic E-state index is 12.5. The van der Waals surface area contributed by atoms with Crippen LogP contribution in [0.25, 0.3) is 0 Å². The molecule has 0 bridgehead atoms. The summed E-state index contributed by atoms with van der Waals surface area (Å²) in [6, 6.07) is 8.11. The lowest BCUT2D eigenvalue weighted by molar-refractivity contribution is -0.137. The lowest BCUT2D eigenvalue weighted by Gasteiger charge is -2.19. The first kappa shape index (κ1) is 31.0. The number of anilines is 2. The predicted octanol–water partition coefficient (Wildman–Crippen LogP) is 1.58. The van der Waals surface area contributed by atoms with E-state index >= 15 is 0 Å². The van der Waals surface area contributed by atoms with Crippen molar-refractivity contribution in [1.82, 2.24) is 24.8 Å². The van der Waals surface area contributed by atoms with Crippen LogP contribution in [0.15, 0.2) is 53.7 Å². The molecule has 15 nitrogen and oxygen atoms in total. The van der Waals surface area contributed by atoms with E-state index in [2.05, 4.69) is 30.9 Å². The Hall–Kier alpha value is -5.21. The van der Waals surface area contributed by atoms with Gasteiger partial charge in [0.25, 0.3) is 5.97 Å². The van der Waals surface area contributed by atoms with Gasteiger partial charge in [-0.2, -0.15) is 4.98 Å². The number of aromatic amines is 1. The van der Waals surface area contributed by atoms with E-state index in [0.29, 0.717) is 17.3 Å². The number of hydrogen-bond acceptors (Lipinski definition) is 9. The fourth-order valence-corrected chi connectivity index (χ4v) is 3.27. The molecule has 1 unspecified atom stereocenters. The molecule has 3 rings (SSSR count). The van der Waals surface area contributed by atoms with Gasteiger partial charge in [-0.25, -0.2) is 14.6 Å². The lowest BCUT2D eigenvalue weighted by atomic mass is 10.2. The second-order valence-corrected chi connectivity index (χ2v) is 8.39. The molecule has 214 valence electrons. The highest BCUT2D eigenvalue weighted by molar-refractivity contribution is 5.89. The SMILES string of the molecule is CC(=O)O.Cc1cn(CC(CC(=O)O)NC(=O)OCc2ccccc2)c(=O)nc1NCCC(=O)Nc1ncc[nH]1. The smallest absolute Gasteiger partial charge is 0.407 e. The Morgan fingerprint density at radius 3 is 2.48 bits per heavy atom. The summed E-state index contributed by atoms with van der Waals surface area (Å²) in [5, 5.41) is 24.7. The van der Waals surface area contributed by atoms with Gasteiger partial charge < -0.3 is 30.6 Å². The van der Waals surface area contributed by atoms with Gasteiger partial charge in [-0.1, -0.05) is 30.3 Å². The molecular formula is C25H31N7O8. The highest BCUT2D eigenvalue weighted by Gasteiger charge is 2.19. The molecule has 0 radical (unpaired) electrons. The molecule has 2 heterocycles. The van der Waals surface area contributed by atoms with E-state index in [1.54, 1.807) is 37.4 Å². The molecule has 40 heavy (non-hydrogen) atoms. The van der Waals surface area contributed by atoms with Crippen LogP contribution in [0.4, 0.5) is 16.6 Å². The fourth-order valence-electron chi connectivity index (χ4n) is 3.27. The first-order valence-electron chi connectivity index (χ1n) is 12.0. The number of imidazole rings is 1. The van der Waals surface area contributed by atoms with Crippen LogP contribution in [0.3, 0.4) is 0 Å². The van der Waals surface area contributed by atoms with E-state index in [0.717, 1.165) is 12.5 Å². The molecule has 2 aromatic heterocycles. The van der Waals surface area contributed by atoms with Crippen molar-refractivity contribution in [2.75, 3.05) is 17.2 Å². The monoisotopic (exact) mass is 557 g/mol. The van der Waals surface area contributed by atoms with E-state index in [-0.39, 0.29) is 32.0 Å². The van der Waals surface area contributed by atoms with Crippen molar-refractivity contribution in [2.45, 2.75) is 45.9 Å². The maximum atomic E-state index is 12.5. The molecule has 0 aliphatic heterocycles. The minimum Gasteiger partial charge on any atom is -0.481 e. The average molecular weight is 558 g/mol. The van der Waals surface area contributed by atoms with Crippen molar-refractivity contribution in [3.8, 4) is 0 Å². The summed E-state index contributed by atoms with van der Waals surface area (Å²) in [6.45, 7) is 2.92. The van der Waals surface area contributed by atoms with E-state index in [9.17, 15) is 24.3 Å². The molecular weight excluding hydrogens is 526 g/mol. The quantitative estimate of drug-likeness (QED) is 0.188. The number of carboxylic acid groups (broad SMARTS) is 2. The van der Waals surface area contributed by atoms with E-state index < -0.39 is 36.2 Å². The summed E-state index contributed by atoms with van der Waals surface area (Å²) < 4.78 is 6.37. The van der Waals surface area contributed by atoms with Gasteiger partial charge in [0, 0.05) is 50.6 Å². The Morgan fingerprint density at radius 2 is 1.85 bits per heavy atom. The average Bonchev–Trinajstić information content (AvgIpc) is 3.38. The number of aliphatic carboxylic acids is 2. The van der Waals surface area contributed by atoms with Gasteiger partial charge >= 0.3 is 17.8 Å². The number of ether oxygens (including phenoxy) is 1. The second kappa shape index (κ2) is 15.9. The van der Waals surface area contributed by atoms with Crippen molar-refractivity contribution < 1.29 is 34.1 Å². The Balaban J connectivity index is 0.00000131. The van der Waals surface area contributed by atoms with Gasteiger partial charge in [-0.05, 0) is 12.5 Å². The molecule has 3 aromatic rings. The third kappa shape index (κ3) is 11.9. The molecule has 15 heteroatoms. The van der Waals surface area contributed by atoms with Crippen molar-refractivity contribution in [2.24, 2.45) is 0 Å². The van der Waals surface area contributed by atoms with Crippen LogP contribution in [0.2, 0.25) is 0 Å². The zero-order valence-electron chi connectivity index (χ0n) is 21.9. The number of nitrogens with one attached hydrogen (secondary N) is 4. The van der Waals surface area contributed by atoms with Gasteiger partial charge in [-0.15, -0.1) is 0 Å². The summed E-state index contributed by atoms with van der Waals surface area (Å²) in [6.07, 6.45) is 3.50. The maximum Gasteiger partial charge on any atom is 0.407 e. The number of carbonyl (C=O) groups excluding carboxylic acids is 2. The summed E-state index contributed by atoms with van der Waals surface area (Å²) in [5.41, 5.74) is 0.736. The number of aryl methyl sites for hydroxylation is 1. The Kier molecular flexibility index (Phi) is 12.3. The van der Waals surface area contributed by atoms with Gasteiger partial charge in [0.1, 0.15) is 12.4 Å². The van der Waals surface area contributed by atoms with Crippen molar-refractivity contribution in [3.05, 3.63) is 70.5 Å². The third-order valence-electron chi connectivity index (χ3n) is 4.95. The number of amides is 2. The number of H-pyrrole nitrogens is 1. The van der Waals surface area contributed by atoms with Crippen LogP contribution in [-0.2, 0) is 32.3 Å². The molecule has 0 saturated carbocycles. The minimum atomic E-state index is -1.15. The number of carboxylic acids is 2. The summed E-state index contributed by atoms with van der Waals surface area (Å²) in [4.78, 5) is 67.6. The normalized spacial score (nSPS) is 10.8. The largest absolute Gasteiger partial charge is 0.481 e. The van der Waals surface area contributed by atoms with Crippen LogP contribution in [0.1, 0.15) is 30.9 Å². The van der Waals surface area contributed by atoms with Gasteiger partial charge in [0.05, 0.1) is 12.5 Å². The summed E-state index contributed by atoms with van der Waals surface area (Å²) in [5.74, 6) is -1.62. The van der Waals surface area contributed by atoms with E-state index in [1.807, 2.05) is 6.07 Å². The third-order valence-corrected chi connectivity index (χ3v) is 4.95. The highest BCUT2D eigenvalue weighted by atomic mass is 16.5. The molecule has 2 amide bonds. The highest BCUT2D eigenvalue weighted by Crippen LogP contribution is 2.09. The number of rotatable bonds is 12. The molecule has 0 fully saturated rings. The Labute approximate surface area is 228 Å². The van der Waals surface area contributed by atoms with Crippen LogP contribution in [-0.4, -0.2) is 66.3 Å². The fraction of sp³-hybridized carbons (Fsp3) is 0.320. The topological polar surface area (TPSA) is 218 Å². The van der Waals surface area contributed by atoms with Crippen LogP contribution in [0.5, 0.6) is 0 Å². The standard InChI is InChI=1S/C23H27N7O6.C2H4O2/c1-15-12-30(22(34)29-20(15)24-8-7-18(31)28-21-25-9-10-26-21)13-17(11-19(32)33)27-23(35)36-14-16-5-3-2-4-6-16;1-2(3)4/h2-6,9-10,12,17H,7-8,11,13-14H2,1H3,(H,27,35)(H,32,33)(H,24,29,34)(H2,25,26,28,31);1H3,(H,3,4). The minimum absolute atomic E-state index is 0.0208. The van der Waals surface area contributed by atoms with Gasteiger partial charge in [-0.3, -0.25) is 24.3 Å². The number of hydrogen-bond donors (Lipinski definition) is 6. The zero-order valence-corrected chi connectivity index (χ0v) is 21.9. The zero-order chi connectivity index (χ0) is 29.5. The summed E-state index contributed by atoms with van der Waals surface area (Å²) in [7, 11) is 0. The number of aromatic nitrogens is 4. The molecule has 1 aromatic carbocycles. The van der Waals surface area contributed by atoms with Crippen LogP contribution >= 0.6 is 0 Å². The second-order valence-electron chi connectivity index (χ2n) is 8.39. The number of carbonyl (C=O) groups is 4. The first-order chi connectivity index (χ1) is 19.0. The van der Waals surface area contributed by atoms with Crippen LogP contribution in [0, 0.1) is 6.92 Å². The van der Waals surface area contributed by atoms with Crippen molar-refractivity contribution >= 4 is 35.7 Å². The van der Waals surface area contributed by atoms with E-state index in [4.69, 9.17) is 14.6 Å². The van der Waals surface area contributed by atoms with Crippen LogP contribution < -0.4 is 21.6 Å². The van der Waals surface area contributed by atoms with Gasteiger partial charge in [0.15, 0.2) is 0 Å². The predicted molar refractivity (Wildman–Crippen MR) is 143 cm³/mol. The molecule has 6 N–H and O–H groups in total. The van der Waals surface area contributed by atoms with Crippen molar-refractivity contribution in [3.63, 3.8) is 0 Å². The van der Waals surface area contributed by atoms with Crippen molar-refractivity contribution in [1.29, 1.82) is 0 Å². The Morgan fingerprint density at radius 1 is 1.15 bits per heavy atom. The number of nitrogens with zero attached hydrogens (tertiary/aromatic N) is 3. The first-order valence-corrected chi connectivity index (χ1v) is 12.0. The molecule has 0 spiro atoms.